The summed E-state index contributed by atoms with van der Waals surface area (Å²) in [6, 6.07) is 18.1. The van der Waals surface area contributed by atoms with Crippen LogP contribution in [0.3, 0.4) is 0 Å². The Bertz CT molecular complexity index is 1150. The summed E-state index contributed by atoms with van der Waals surface area (Å²) in [7, 11) is -3.82. The molecule has 1 heterocycles. The van der Waals surface area contributed by atoms with Crippen LogP contribution in [0.15, 0.2) is 65.6 Å². The summed E-state index contributed by atoms with van der Waals surface area (Å²) in [6.07, 6.45) is 0. The fourth-order valence-corrected chi connectivity index (χ4v) is 5.78. The van der Waals surface area contributed by atoms with Crippen LogP contribution in [0.1, 0.15) is 29.7 Å². The van der Waals surface area contributed by atoms with Gasteiger partial charge in [0.15, 0.2) is 0 Å². The predicted octanol–water partition coefficient (Wildman–Crippen LogP) is 4.95. The fourth-order valence-electron chi connectivity index (χ4n) is 3.84. The standard InChI is InChI=1S/C22H21NO3S/c1-14-15(2)22(13-12-21(14)24)27(25,26)23-16(3)17-8-4-5-9-18(17)19-10-6-7-11-20(19)23/h4-13,16,24H,1-3H3. The molecule has 27 heavy (non-hydrogen) atoms. The van der Waals surface area contributed by atoms with Gasteiger partial charge in [-0.1, -0.05) is 42.5 Å². The Morgan fingerprint density at radius 1 is 0.852 bits per heavy atom. The highest BCUT2D eigenvalue weighted by Crippen LogP contribution is 2.47. The molecule has 1 unspecified atom stereocenters. The SMILES string of the molecule is Cc1c(O)ccc(S(=O)(=O)N2c3ccccc3-c3ccccc3C2C)c1C. The maximum atomic E-state index is 13.7. The number of fused-ring (bicyclic) bond motifs is 3. The van der Waals surface area contributed by atoms with Gasteiger partial charge in [0.1, 0.15) is 5.75 Å². The number of phenols is 1. The average Bonchev–Trinajstić information content (AvgIpc) is 2.66. The molecule has 1 aliphatic rings. The van der Waals surface area contributed by atoms with Crippen molar-refractivity contribution in [1.82, 2.24) is 0 Å². The Hall–Kier alpha value is -2.79. The number of phenolic OH excluding ortho intramolecular Hbond substituents is 1. The van der Waals surface area contributed by atoms with Crippen LogP contribution in [-0.4, -0.2) is 13.5 Å². The van der Waals surface area contributed by atoms with E-state index in [9.17, 15) is 13.5 Å². The largest absolute Gasteiger partial charge is 0.508 e. The Kier molecular flexibility index (Phi) is 4.00. The van der Waals surface area contributed by atoms with E-state index in [1.807, 2.05) is 55.5 Å². The summed E-state index contributed by atoms with van der Waals surface area (Å²) in [4.78, 5) is 0.221. The van der Waals surface area contributed by atoms with Crippen molar-refractivity contribution in [1.29, 1.82) is 0 Å². The minimum atomic E-state index is -3.82. The normalized spacial score (nSPS) is 16.0. The Morgan fingerprint density at radius 3 is 2.22 bits per heavy atom. The molecule has 1 N–H and O–H groups in total. The van der Waals surface area contributed by atoms with E-state index in [-0.39, 0.29) is 16.7 Å². The van der Waals surface area contributed by atoms with Crippen LogP contribution in [-0.2, 0) is 10.0 Å². The molecule has 0 radical (unpaired) electrons. The molecule has 0 saturated heterocycles. The van der Waals surface area contributed by atoms with Crippen molar-refractivity contribution in [2.24, 2.45) is 0 Å². The van der Waals surface area contributed by atoms with Crippen molar-refractivity contribution >= 4 is 15.7 Å². The third-order valence-electron chi connectivity index (χ3n) is 5.44. The summed E-state index contributed by atoms with van der Waals surface area (Å²) in [5, 5.41) is 9.93. The highest BCUT2D eigenvalue weighted by atomic mass is 32.2. The van der Waals surface area contributed by atoms with Crippen LogP contribution in [0.5, 0.6) is 5.75 Å². The molecule has 0 spiro atoms. The molecule has 4 nitrogen and oxygen atoms in total. The van der Waals surface area contributed by atoms with E-state index in [1.165, 1.54) is 16.4 Å². The number of para-hydroxylation sites is 1. The van der Waals surface area contributed by atoms with E-state index in [1.54, 1.807) is 13.8 Å². The zero-order chi connectivity index (χ0) is 19.3. The van der Waals surface area contributed by atoms with Crippen molar-refractivity contribution < 1.29 is 13.5 Å². The quantitative estimate of drug-likeness (QED) is 0.686. The van der Waals surface area contributed by atoms with Crippen LogP contribution < -0.4 is 4.31 Å². The van der Waals surface area contributed by atoms with Gasteiger partial charge >= 0.3 is 0 Å². The number of nitrogens with zero attached hydrogens (tertiary/aromatic N) is 1. The summed E-state index contributed by atoms with van der Waals surface area (Å²) < 4.78 is 28.9. The van der Waals surface area contributed by atoms with Crippen molar-refractivity contribution in [3.8, 4) is 16.9 Å². The van der Waals surface area contributed by atoms with Crippen LogP contribution in [0.25, 0.3) is 11.1 Å². The second-order valence-corrected chi connectivity index (χ2v) is 8.70. The second kappa shape index (κ2) is 6.13. The summed E-state index contributed by atoms with van der Waals surface area (Å²) in [5.41, 5.74) is 4.77. The fraction of sp³-hybridized carbons (Fsp3) is 0.182. The minimum absolute atomic E-state index is 0.101. The van der Waals surface area contributed by atoms with Gasteiger partial charge in [0, 0.05) is 5.56 Å². The number of aromatic hydroxyl groups is 1. The molecular formula is C22H21NO3S. The lowest BCUT2D eigenvalue weighted by Gasteiger charge is -2.37. The Labute approximate surface area is 159 Å². The lowest BCUT2D eigenvalue weighted by molar-refractivity contribution is 0.469. The van der Waals surface area contributed by atoms with Crippen molar-refractivity contribution in [3.63, 3.8) is 0 Å². The number of anilines is 1. The first-order valence-corrected chi connectivity index (χ1v) is 10.3. The van der Waals surface area contributed by atoms with Crippen LogP contribution in [0, 0.1) is 13.8 Å². The molecule has 138 valence electrons. The summed E-state index contributed by atoms with van der Waals surface area (Å²) in [5.74, 6) is 0.101. The molecule has 0 saturated carbocycles. The maximum absolute atomic E-state index is 13.7. The summed E-state index contributed by atoms with van der Waals surface area (Å²) >= 11 is 0. The molecule has 5 heteroatoms. The summed E-state index contributed by atoms with van der Waals surface area (Å²) in [6.45, 7) is 5.37. The third kappa shape index (κ3) is 2.53. The van der Waals surface area contributed by atoms with Gasteiger partial charge in [0.25, 0.3) is 10.0 Å². The average molecular weight is 379 g/mol. The zero-order valence-electron chi connectivity index (χ0n) is 15.5. The minimum Gasteiger partial charge on any atom is -0.508 e. The smallest absolute Gasteiger partial charge is 0.265 e. The second-order valence-electron chi connectivity index (χ2n) is 6.91. The molecule has 0 aliphatic carbocycles. The van der Waals surface area contributed by atoms with E-state index in [0.717, 1.165) is 16.7 Å². The van der Waals surface area contributed by atoms with Gasteiger partial charge < -0.3 is 5.11 Å². The molecule has 0 fully saturated rings. The van der Waals surface area contributed by atoms with Gasteiger partial charge in [0.05, 0.1) is 16.6 Å². The maximum Gasteiger partial charge on any atom is 0.265 e. The van der Waals surface area contributed by atoms with Crippen LogP contribution >= 0.6 is 0 Å². The van der Waals surface area contributed by atoms with Gasteiger partial charge in [-0.2, -0.15) is 0 Å². The number of sulfonamides is 1. The lowest BCUT2D eigenvalue weighted by Crippen LogP contribution is -2.36. The van der Waals surface area contributed by atoms with Crippen molar-refractivity contribution in [2.45, 2.75) is 31.7 Å². The van der Waals surface area contributed by atoms with Gasteiger partial charge in [-0.15, -0.1) is 0 Å². The monoisotopic (exact) mass is 379 g/mol. The van der Waals surface area contributed by atoms with Crippen LogP contribution in [0.4, 0.5) is 5.69 Å². The molecule has 3 aromatic carbocycles. The first kappa shape index (κ1) is 17.6. The van der Waals surface area contributed by atoms with E-state index in [2.05, 4.69) is 0 Å². The molecular weight excluding hydrogens is 358 g/mol. The number of rotatable bonds is 2. The van der Waals surface area contributed by atoms with E-state index in [0.29, 0.717) is 16.8 Å². The van der Waals surface area contributed by atoms with Crippen molar-refractivity contribution in [2.75, 3.05) is 4.31 Å². The molecule has 0 amide bonds. The molecule has 0 bridgehead atoms. The van der Waals surface area contributed by atoms with E-state index >= 15 is 0 Å². The van der Waals surface area contributed by atoms with E-state index in [4.69, 9.17) is 0 Å². The van der Waals surface area contributed by atoms with Gasteiger partial charge in [0.2, 0.25) is 0 Å². The Morgan fingerprint density at radius 2 is 1.48 bits per heavy atom. The molecule has 3 aromatic rings. The van der Waals surface area contributed by atoms with E-state index < -0.39 is 10.0 Å². The molecule has 1 aliphatic heterocycles. The molecule has 0 aromatic heterocycles. The van der Waals surface area contributed by atoms with Crippen LogP contribution in [0.2, 0.25) is 0 Å². The number of hydrogen-bond acceptors (Lipinski definition) is 3. The molecule has 4 rings (SSSR count). The number of benzene rings is 3. The highest BCUT2D eigenvalue weighted by molar-refractivity contribution is 7.93. The highest BCUT2D eigenvalue weighted by Gasteiger charge is 2.37. The predicted molar refractivity (Wildman–Crippen MR) is 108 cm³/mol. The van der Waals surface area contributed by atoms with Crippen molar-refractivity contribution in [3.05, 3.63) is 77.4 Å². The first-order valence-electron chi connectivity index (χ1n) is 8.86. The Balaban J connectivity index is 1.98. The lowest BCUT2D eigenvalue weighted by atomic mass is 9.90. The first-order chi connectivity index (χ1) is 12.8. The zero-order valence-corrected chi connectivity index (χ0v) is 16.3. The topological polar surface area (TPSA) is 57.6 Å². The third-order valence-corrected chi connectivity index (χ3v) is 7.47. The number of hydrogen-bond donors (Lipinski definition) is 1. The van der Waals surface area contributed by atoms with Gasteiger partial charge in [-0.25, -0.2) is 8.42 Å². The van der Waals surface area contributed by atoms with Gasteiger partial charge in [-0.3, -0.25) is 4.31 Å². The molecule has 1 atom stereocenters. The van der Waals surface area contributed by atoms with Gasteiger partial charge in [-0.05, 0) is 61.2 Å².